The third-order valence-electron chi connectivity index (χ3n) is 2.14. The molecule has 0 aliphatic carbocycles. The fraction of sp³-hybridized carbons (Fsp3) is 0.600. The normalized spacial score (nSPS) is 11.4. The van der Waals surface area contributed by atoms with Gasteiger partial charge in [0.25, 0.3) is 0 Å². The molecule has 0 bridgehead atoms. The Morgan fingerprint density at radius 1 is 1.47 bits per heavy atom. The van der Waals surface area contributed by atoms with E-state index in [2.05, 4.69) is 15.6 Å². The third kappa shape index (κ3) is 5.68. The van der Waals surface area contributed by atoms with E-state index in [1.807, 2.05) is 0 Å². The molecule has 0 aliphatic heterocycles. The van der Waals surface area contributed by atoms with Crippen molar-refractivity contribution in [3.8, 4) is 0 Å². The molecule has 4 nitrogen and oxygen atoms in total. The maximum atomic E-state index is 12.5. The van der Waals surface area contributed by atoms with Gasteiger partial charge in [-0.1, -0.05) is 0 Å². The topological polar surface area (TPSA) is 50.1 Å². The number of thioether (sulfide) groups is 1. The zero-order chi connectivity index (χ0) is 14.3. The second kappa shape index (κ2) is 7.59. The highest BCUT2D eigenvalue weighted by atomic mass is 32.2. The average Bonchev–Trinajstić information content (AvgIpc) is 2.81. The van der Waals surface area contributed by atoms with Crippen LogP contribution in [0.4, 0.5) is 13.2 Å². The van der Waals surface area contributed by atoms with Crippen LogP contribution < -0.4 is 10.6 Å². The van der Waals surface area contributed by atoms with Gasteiger partial charge in [0.05, 0.1) is 0 Å². The van der Waals surface area contributed by atoms with Crippen LogP contribution in [0.5, 0.6) is 0 Å². The number of hydrogen-bond acceptors (Lipinski definition) is 4. The number of oxazole rings is 1. The number of thiocarbonyl (C=S) groups is 1. The smallest absolute Gasteiger partial charge is 0.436 e. The van der Waals surface area contributed by atoms with Gasteiger partial charge in [-0.25, -0.2) is 4.98 Å². The van der Waals surface area contributed by atoms with Gasteiger partial charge < -0.3 is 15.1 Å². The summed E-state index contributed by atoms with van der Waals surface area (Å²) < 4.78 is 42.2. The Kier molecular flexibility index (Phi) is 6.43. The summed E-state index contributed by atoms with van der Waals surface area (Å²) in [6, 6.07) is 0. The fourth-order valence-corrected chi connectivity index (χ4v) is 2.15. The third-order valence-corrected chi connectivity index (χ3v) is 3.48. The van der Waals surface area contributed by atoms with E-state index in [0.29, 0.717) is 17.4 Å². The number of nitrogens with zero attached hydrogens (tertiary/aromatic N) is 1. The molecule has 0 amide bonds. The van der Waals surface area contributed by atoms with E-state index in [4.69, 9.17) is 16.6 Å². The summed E-state index contributed by atoms with van der Waals surface area (Å²) in [5.74, 6) is 1.17. The molecule has 2 N–H and O–H groups in total. The first-order valence-corrected chi connectivity index (χ1v) is 7.04. The second-order valence-electron chi connectivity index (χ2n) is 3.49. The van der Waals surface area contributed by atoms with Crippen molar-refractivity contribution in [2.24, 2.45) is 0 Å². The molecule has 0 aliphatic rings. The van der Waals surface area contributed by atoms with E-state index in [-0.39, 0.29) is 12.2 Å². The summed E-state index contributed by atoms with van der Waals surface area (Å²) in [5, 5.41) is 6.26. The van der Waals surface area contributed by atoms with Crippen molar-refractivity contribution < 1.29 is 17.6 Å². The molecule has 108 valence electrons. The van der Waals surface area contributed by atoms with Crippen molar-refractivity contribution in [1.29, 1.82) is 0 Å². The van der Waals surface area contributed by atoms with E-state index >= 15 is 0 Å². The first-order chi connectivity index (χ1) is 8.95. The molecule has 1 rings (SSSR count). The van der Waals surface area contributed by atoms with Crippen LogP contribution in [0.3, 0.4) is 0 Å². The largest absolute Gasteiger partial charge is 0.448 e. The van der Waals surface area contributed by atoms with Gasteiger partial charge >= 0.3 is 6.18 Å². The van der Waals surface area contributed by atoms with E-state index in [0.717, 1.165) is 12.1 Å². The van der Waals surface area contributed by atoms with Crippen molar-refractivity contribution in [3.63, 3.8) is 0 Å². The van der Waals surface area contributed by atoms with E-state index < -0.39 is 11.9 Å². The van der Waals surface area contributed by atoms with Gasteiger partial charge in [0.15, 0.2) is 17.2 Å². The van der Waals surface area contributed by atoms with Gasteiger partial charge in [-0.15, -0.1) is 0 Å². The van der Waals surface area contributed by atoms with Gasteiger partial charge in [-0.2, -0.15) is 24.9 Å². The predicted octanol–water partition coefficient (Wildman–Crippen LogP) is 2.06. The van der Waals surface area contributed by atoms with Crippen molar-refractivity contribution in [2.45, 2.75) is 12.6 Å². The lowest BCUT2D eigenvalue weighted by atomic mass is 10.3. The molecule has 9 heteroatoms. The van der Waals surface area contributed by atoms with Crippen molar-refractivity contribution in [3.05, 3.63) is 17.8 Å². The Morgan fingerprint density at radius 3 is 2.84 bits per heavy atom. The van der Waals surface area contributed by atoms with Gasteiger partial charge in [0, 0.05) is 31.5 Å². The second-order valence-corrected chi connectivity index (χ2v) is 5.12. The van der Waals surface area contributed by atoms with E-state index in [1.165, 1.54) is 11.8 Å². The van der Waals surface area contributed by atoms with Gasteiger partial charge in [-0.3, -0.25) is 0 Å². The summed E-state index contributed by atoms with van der Waals surface area (Å²) in [7, 11) is 1.71. The van der Waals surface area contributed by atoms with Crippen LogP contribution in [0.2, 0.25) is 0 Å². The lowest BCUT2D eigenvalue weighted by Crippen LogP contribution is -2.33. The average molecular weight is 313 g/mol. The maximum absolute atomic E-state index is 12.5. The Hall–Kier alpha value is -0.960. The van der Waals surface area contributed by atoms with E-state index in [1.54, 1.807) is 7.05 Å². The Morgan fingerprint density at radius 2 is 2.21 bits per heavy atom. The molecule has 0 fully saturated rings. The zero-order valence-electron chi connectivity index (χ0n) is 10.2. The van der Waals surface area contributed by atoms with Crippen molar-refractivity contribution >= 4 is 29.1 Å². The van der Waals surface area contributed by atoms with E-state index in [9.17, 15) is 13.2 Å². The quantitative estimate of drug-likeness (QED) is 0.619. The maximum Gasteiger partial charge on any atom is 0.436 e. The minimum atomic E-state index is -4.45. The number of aryl methyl sites for hydroxylation is 1. The van der Waals surface area contributed by atoms with Gasteiger partial charge in [0.1, 0.15) is 5.76 Å². The molecule has 1 aromatic rings. The minimum Gasteiger partial charge on any atom is -0.448 e. The molecule has 0 radical (unpaired) electrons. The zero-order valence-corrected chi connectivity index (χ0v) is 11.8. The Labute approximate surface area is 118 Å². The lowest BCUT2D eigenvalue weighted by Gasteiger charge is -2.07. The molecule has 0 aromatic carbocycles. The first kappa shape index (κ1) is 16.1. The Bertz CT molecular complexity index is 409. The molecule has 0 atom stereocenters. The van der Waals surface area contributed by atoms with Crippen molar-refractivity contribution in [2.75, 3.05) is 25.1 Å². The fourth-order valence-electron chi connectivity index (χ4n) is 1.27. The number of nitrogens with one attached hydrogen (secondary N) is 2. The lowest BCUT2D eigenvalue weighted by molar-refractivity contribution is -0.141. The summed E-state index contributed by atoms with van der Waals surface area (Å²) in [4.78, 5) is 3.20. The number of alkyl halides is 3. The number of halogens is 3. The molecule has 1 heterocycles. The molecule has 0 saturated carbocycles. The van der Waals surface area contributed by atoms with Gasteiger partial charge in [0.2, 0.25) is 0 Å². The molecule has 0 unspecified atom stereocenters. The first-order valence-electron chi connectivity index (χ1n) is 5.48. The Balaban J connectivity index is 2.23. The summed E-state index contributed by atoms with van der Waals surface area (Å²) >= 11 is 6.39. The van der Waals surface area contributed by atoms with Crippen LogP contribution in [-0.2, 0) is 12.6 Å². The summed E-state index contributed by atoms with van der Waals surface area (Å²) in [6.45, 7) is 0.660. The summed E-state index contributed by atoms with van der Waals surface area (Å²) in [5.41, 5.74) is -0.928. The van der Waals surface area contributed by atoms with Crippen LogP contribution in [0, 0.1) is 0 Å². The summed E-state index contributed by atoms with van der Waals surface area (Å²) in [6.07, 6.45) is -3.42. The molecule has 0 saturated heterocycles. The monoisotopic (exact) mass is 313 g/mol. The van der Waals surface area contributed by atoms with Crippen LogP contribution >= 0.6 is 24.0 Å². The number of hydrogen-bond donors (Lipinski definition) is 2. The van der Waals surface area contributed by atoms with Crippen molar-refractivity contribution in [1.82, 2.24) is 15.6 Å². The molecule has 0 spiro atoms. The van der Waals surface area contributed by atoms with Crippen LogP contribution in [0.15, 0.2) is 10.8 Å². The predicted molar refractivity (Wildman–Crippen MR) is 72.2 cm³/mol. The standard InChI is InChI=1S/C10H14F3N3OS2/c1-14-9(18)15-3-5-19-4-2-7-8(10(11,12)13)16-6-17-7/h6H,2-5H2,1H3,(H2,14,15,18). The molecular formula is C10H14F3N3OS2. The molecular weight excluding hydrogens is 299 g/mol. The highest BCUT2D eigenvalue weighted by molar-refractivity contribution is 7.99. The molecule has 1 aromatic heterocycles. The highest BCUT2D eigenvalue weighted by Crippen LogP contribution is 2.31. The number of aromatic nitrogens is 1. The van der Waals surface area contributed by atoms with Crippen LogP contribution in [0.1, 0.15) is 11.5 Å². The molecule has 19 heavy (non-hydrogen) atoms. The SMILES string of the molecule is CNC(=S)NCCSCCc1ocnc1C(F)(F)F. The van der Waals surface area contributed by atoms with Crippen LogP contribution in [-0.4, -0.2) is 35.2 Å². The van der Waals surface area contributed by atoms with Gasteiger partial charge in [-0.05, 0) is 12.2 Å². The minimum absolute atomic E-state index is 0.112. The van der Waals surface area contributed by atoms with Crippen LogP contribution in [0.25, 0.3) is 0 Å². The number of rotatable bonds is 6. The highest BCUT2D eigenvalue weighted by Gasteiger charge is 2.37.